The molecule has 2 nitrogen and oxygen atoms in total. The van der Waals surface area contributed by atoms with Crippen LogP contribution in [0.2, 0.25) is 0 Å². The molecule has 0 aliphatic rings. The summed E-state index contributed by atoms with van der Waals surface area (Å²) in [6, 6.07) is 8.54. The van der Waals surface area contributed by atoms with Crippen molar-refractivity contribution in [3.8, 4) is 5.75 Å². The van der Waals surface area contributed by atoms with Gasteiger partial charge in [0.05, 0.1) is 11.1 Å². The summed E-state index contributed by atoms with van der Waals surface area (Å²) < 4.78 is 6.68. The van der Waals surface area contributed by atoms with E-state index < -0.39 is 0 Å². The average molecular weight is 286 g/mol. The molecule has 0 bridgehead atoms. The SMILES string of the molecule is CC[C@H](C)NCCCOc1ccccc1Br. The molecule has 16 heavy (non-hydrogen) atoms. The summed E-state index contributed by atoms with van der Waals surface area (Å²) >= 11 is 3.46. The molecule has 0 fully saturated rings. The van der Waals surface area contributed by atoms with E-state index in [1.54, 1.807) is 0 Å². The molecule has 1 aromatic rings. The summed E-state index contributed by atoms with van der Waals surface area (Å²) in [5, 5.41) is 3.44. The van der Waals surface area contributed by atoms with E-state index in [2.05, 4.69) is 35.1 Å². The molecule has 1 aromatic carbocycles. The van der Waals surface area contributed by atoms with Crippen LogP contribution in [0, 0.1) is 0 Å². The number of hydrogen-bond donors (Lipinski definition) is 1. The van der Waals surface area contributed by atoms with Crippen LogP contribution in [0.5, 0.6) is 5.75 Å². The van der Waals surface area contributed by atoms with E-state index in [4.69, 9.17) is 4.74 Å². The van der Waals surface area contributed by atoms with Crippen LogP contribution in [-0.4, -0.2) is 19.2 Å². The molecule has 0 aliphatic carbocycles. The Kier molecular flexibility index (Phi) is 6.50. The van der Waals surface area contributed by atoms with E-state index >= 15 is 0 Å². The van der Waals surface area contributed by atoms with Gasteiger partial charge in [-0.1, -0.05) is 19.1 Å². The third-order valence-corrected chi connectivity index (χ3v) is 3.18. The molecule has 1 N–H and O–H groups in total. The molecule has 1 atom stereocenters. The maximum absolute atomic E-state index is 5.67. The van der Waals surface area contributed by atoms with Crippen LogP contribution in [0.3, 0.4) is 0 Å². The summed E-state index contributed by atoms with van der Waals surface area (Å²) in [5.74, 6) is 0.922. The van der Waals surface area contributed by atoms with Crippen LogP contribution in [0.4, 0.5) is 0 Å². The van der Waals surface area contributed by atoms with Crippen LogP contribution >= 0.6 is 15.9 Å². The minimum atomic E-state index is 0.600. The normalized spacial score (nSPS) is 12.4. The van der Waals surface area contributed by atoms with Gasteiger partial charge in [0.25, 0.3) is 0 Å². The summed E-state index contributed by atoms with van der Waals surface area (Å²) in [7, 11) is 0. The Morgan fingerprint density at radius 2 is 2.12 bits per heavy atom. The van der Waals surface area contributed by atoms with Crippen molar-refractivity contribution >= 4 is 15.9 Å². The molecule has 0 unspecified atom stereocenters. The lowest BCUT2D eigenvalue weighted by Gasteiger charge is -2.11. The van der Waals surface area contributed by atoms with Gasteiger partial charge in [-0.25, -0.2) is 0 Å². The first-order valence-electron chi connectivity index (χ1n) is 5.84. The maximum Gasteiger partial charge on any atom is 0.133 e. The predicted molar refractivity (Wildman–Crippen MR) is 72.0 cm³/mol. The highest BCUT2D eigenvalue weighted by molar-refractivity contribution is 9.10. The van der Waals surface area contributed by atoms with Crippen LogP contribution in [-0.2, 0) is 0 Å². The van der Waals surface area contributed by atoms with E-state index in [-0.39, 0.29) is 0 Å². The van der Waals surface area contributed by atoms with Gasteiger partial charge in [0.2, 0.25) is 0 Å². The fourth-order valence-electron chi connectivity index (χ4n) is 1.31. The van der Waals surface area contributed by atoms with Gasteiger partial charge in [0.1, 0.15) is 5.75 Å². The second kappa shape index (κ2) is 7.69. The second-order valence-electron chi connectivity index (χ2n) is 3.90. The first-order valence-corrected chi connectivity index (χ1v) is 6.64. The van der Waals surface area contributed by atoms with Gasteiger partial charge in [0.15, 0.2) is 0 Å². The van der Waals surface area contributed by atoms with Gasteiger partial charge in [-0.15, -0.1) is 0 Å². The topological polar surface area (TPSA) is 21.3 Å². The zero-order valence-corrected chi connectivity index (χ0v) is 11.6. The molecule has 90 valence electrons. The average Bonchev–Trinajstić information content (AvgIpc) is 2.30. The summed E-state index contributed by atoms with van der Waals surface area (Å²) in [6.45, 7) is 6.16. The highest BCUT2D eigenvalue weighted by Crippen LogP contribution is 2.23. The van der Waals surface area contributed by atoms with E-state index in [9.17, 15) is 0 Å². The largest absolute Gasteiger partial charge is 0.492 e. The number of nitrogens with one attached hydrogen (secondary N) is 1. The Balaban J connectivity index is 2.14. The van der Waals surface area contributed by atoms with Gasteiger partial charge >= 0.3 is 0 Å². The summed E-state index contributed by atoms with van der Waals surface area (Å²) in [4.78, 5) is 0. The van der Waals surface area contributed by atoms with Gasteiger partial charge in [0, 0.05) is 6.04 Å². The molecule has 0 saturated heterocycles. The number of rotatable bonds is 7. The van der Waals surface area contributed by atoms with E-state index in [1.807, 2.05) is 24.3 Å². The number of halogens is 1. The van der Waals surface area contributed by atoms with Crippen LogP contribution in [0.15, 0.2) is 28.7 Å². The van der Waals surface area contributed by atoms with Crippen molar-refractivity contribution < 1.29 is 4.74 Å². The highest BCUT2D eigenvalue weighted by atomic mass is 79.9. The Bertz CT molecular complexity index is 304. The molecule has 0 heterocycles. The first-order chi connectivity index (χ1) is 7.74. The van der Waals surface area contributed by atoms with Crippen molar-refractivity contribution in [2.24, 2.45) is 0 Å². The Labute approximate surface area is 107 Å². The van der Waals surface area contributed by atoms with Gasteiger partial charge in [-0.05, 0) is 54.4 Å². The minimum Gasteiger partial charge on any atom is -0.492 e. The third-order valence-electron chi connectivity index (χ3n) is 2.52. The van der Waals surface area contributed by atoms with Crippen LogP contribution in [0.25, 0.3) is 0 Å². The Morgan fingerprint density at radius 3 is 2.81 bits per heavy atom. The summed E-state index contributed by atoms with van der Waals surface area (Å²) in [6.07, 6.45) is 2.21. The summed E-state index contributed by atoms with van der Waals surface area (Å²) in [5.41, 5.74) is 0. The van der Waals surface area contributed by atoms with Gasteiger partial charge in [-0.2, -0.15) is 0 Å². The number of benzene rings is 1. The lowest BCUT2D eigenvalue weighted by molar-refractivity contribution is 0.303. The van der Waals surface area contributed by atoms with Crippen molar-refractivity contribution in [1.29, 1.82) is 0 Å². The highest BCUT2D eigenvalue weighted by Gasteiger charge is 1.99. The molecular weight excluding hydrogens is 266 g/mol. The second-order valence-corrected chi connectivity index (χ2v) is 4.75. The third kappa shape index (κ3) is 4.99. The number of ether oxygens (including phenoxy) is 1. The van der Waals surface area contributed by atoms with Gasteiger partial charge < -0.3 is 10.1 Å². The minimum absolute atomic E-state index is 0.600. The monoisotopic (exact) mass is 285 g/mol. The zero-order chi connectivity index (χ0) is 11.8. The zero-order valence-electron chi connectivity index (χ0n) is 10.0. The predicted octanol–water partition coefficient (Wildman–Crippen LogP) is 3.61. The van der Waals surface area contributed by atoms with Crippen LogP contribution in [0.1, 0.15) is 26.7 Å². The number of para-hydroxylation sites is 1. The van der Waals surface area contributed by atoms with Crippen molar-refractivity contribution in [1.82, 2.24) is 5.32 Å². The smallest absolute Gasteiger partial charge is 0.133 e. The van der Waals surface area contributed by atoms with E-state index in [0.29, 0.717) is 6.04 Å². The van der Waals surface area contributed by atoms with E-state index in [0.717, 1.165) is 29.8 Å². The molecule has 1 rings (SSSR count). The standard InChI is InChI=1S/C13H20BrNO/c1-3-11(2)15-9-6-10-16-13-8-5-4-7-12(13)14/h4-5,7-8,11,15H,3,6,9-10H2,1-2H3/t11-/m0/s1. The molecule has 3 heteroatoms. The lowest BCUT2D eigenvalue weighted by atomic mass is 10.2. The molecule has 0 radical (unpaired) electrons. The van der Waals surface area contributed by atoms with Crippen LogP contribution < -0.4 is 10.1 Å². The quantitative estimate of drug-likeness (QED) is 0.773. The van der Waals surface area contributed by atoms with Crippen molar-refractivity contribution in [2.45, 2.75) is 32.7 Å². The molecular formula is C13H20BrNO. The maximum atomic E-state index is 5.67. The molecule has 0 spiro atoms. The Morgan fingerprint density at radius 1 is 1.38 bits per heavy atom. The van der Waals surface area contributed by atoms with Gasteiger partial charge in [-0.3, -0.25) is 0 Å². The molecule has 0 saturated carbocycles. The number of hydrogen-bond acceptors (Lipinski definition) is 2. The van der Waals surface area contributed by atoms with Crippen molar-refractivity contribution in [2.75, 3.05) is 13.2 Å². The molecule has 0 aromatic heterocycles. The first kappa shape index (κ1) is 13.5. The molecule has 0 amide bonds. The Hall–Kier alpha value is -0.540. The molecule has 0 aliphatic heterocycles. The van der Waals surface area contributed by atoms with Crippen molar-refractivity contribution in [3.05, 3.63) is 28.7 Å². The lowest BCUT2D eigenvalue weighted by Crippen LogP contribution is -2.27. The fraction of sp³-hybridized carbons (Fsp3) is 0.538. The van der Waals surface area contributed by atoms with E-state index in [1.165, 1.54) is 6.42 Å². The fourth-order valence-corrected chi connectivity index (χ4v) is 1.71. The van der Waals surface area contributed by atoms with Crippen molar-refractivity contribution in [3.63, 3.8) is 0 Å².